The first kappa shape index (κ1) is 13.1. The van der Waals surface area contributed by atoms with Crippen LogP contribution in [-0.4, -0.2) is 17.7 Å². The maximum absolute atomic E-state index is 10.7. The number of oxime groups is 1. The van der Waals surface area contributed by atoms with Crippen LogP contribution in [0.15, 0.2) is 23.4 Å². The van der Waals surface area contributed by atoms with Gasteiger partial charge in [0.05, 0.1) is 10.0 Å². The molecule has 86 valence electrons. The molecule has 0 aromatic heterocycles. The second-order valence-electron chi connectivity index (χ2n) is 2.67. The lowest BCUT2D eigenvalue weighted by atomic mass is 10.2. The van der Waals surface area contributed by atoms with Gasteiger partial charge in [0.2, 0.25) is 0 Å². The Hall–Kier alpha value is -0.970. The van der Waals surface area contributed by atoms with Crippen LogP contribution in [0.25, 0.3) is 0 Å². The molecule has 1 aromatic carbocycles. The van der Waals surface area contributed by atoms with E-state index in [1.807, 2.05) is 0 Å². The number of nitrogens with two attached hydrogens (primary N) is 1. The molecule has 0 heterocycles. The van der Waals surface area contributed by atoms with Gasteiger partial charge in [-0.3, -0.25) is 0 Å². The lowest BCUT2D eigenvalue weighted by Gasteiger charge is -2.03. The monoisotopic (exact) mass is 280 g/mol. The summed E-state index contributed by atoms with van der Waals surface area (Å²) >= 11 is 16.9. The SMILES string of the molecule is N/C(=N\OC(=O)CCl)c1cccc(Cl)c1Cl. The van der Waals surface area contributed by atoms with E-state index in [0.29, 0.717) is 10.6 Å². The van der Waals surface area contributed by atoms with E-state index < -0.39 is 5.97 Å². The van der Waals surface area contributed by atoms with Crippen molar-refractivity contribution in [2.45, 2.75) is 0 Å². The maximum atomic E-state index is 10.7. The molecule has 0 radical (unpaired) electrons. The van der Waals surface area contributed by atoms with Crippen LogP contribution in [0.4, 0.5) is 0 Å². The number of carbonyl (C=O) groups is 1. The zero-order valence-electron chi connectivity index (χ0n) is 7.91. The molecule has 16 heavy (non-hydrogen) atoms. The van der Waals surface area contributed by atoms with Crippen LogP contribution in [-0.2, 0) is 9.63 Å². The maximum Gasteiger partial charge on any atom is 0.349 e. The second-order valence-corrected chi connectivity index (χ2v) is 3.73. The molecule has 0 atom stereocenters. The normalized spacial score (nSPS) is 11.3. The van der Waals surface area contributed by atoms with Crippen LogP contribution >= 0.6 is 34.8 Å². The van der Waals surface area contributed by atoms with Crippen molar-refractivity contribution in [3.05, 3.63) is 33.8 Å². The molecule has 0 saturated heterocycles. The van der Waals surface area contributed by atoms with Gasteiger partial charge >= 0.3 is 5.97 Å². The molecule has 1 rings (SSSR count). The van der Waals surface area contributed by atoms with Crippen molar-refractivity contribution in [3.8, 4) is 0 Å². The highest BCUT2D eigenvalue weighted by Gasteiger charge is 2.09. The number of nitrogens with zero attached hydrogens (tertiary/aromatic N) is 1. The van der Waals surface area contributed by atoms with Crippen LogP contribution in [0.1, 0.15) is 5.56 Å². The summed E-state index contributed by atoms with van der Waals surface area (Å²) in [5.41, 5.74) is 5.94. The number of halogens is 3. The van der Waals surface area contributed by atoms with Crippen molar-refractivity contribution in [3.63, 3.8) is 0 Å². The third kappa shape index (κ3) is 3.27. The first-order valence-corrected chi connectivity index (χ1v) is 5.39. The van der Waals surface area contributed by atoms with Crippen molar-refractivity contribution in [1.29, 1.82) is 0 Å². The minimum Gasteiger partial charge on any atom is -0.380 e. The molecule has 0 saturated carbocycles. The Morgan fingerprint density at radius 3 is 2.75 bits per heavy atom. The van der Waals surface area contributed by atoms with Gasteiger partial charge in [-0.1, -0.05) is 34.4 Å². The van der Waals surface area contributed by atoms with E-state index >= 15 is 0 Å². The summed E-state index contributed by atoms with van der Waals surface area (Å²) in [5.74, 6) is -1.06. The largest absolute Gasteiger partial charge is 0.380 e. The van der Waals surface area contributed by atoms with E-state index in [-0.39, 0.29) is 16.7 Å². The lowest BCUT2D eigenvalue weighted by Crippen LogP contribution is -2.16. The van der Waals surface area contributed by atoms with Crippen molar-refractivity contribution in [2.75, 3.05) is 5.88 Å². The summed E-state index contributed by atoms with van der Waals surface area (Å²) in [7, 11) is 0. The fourth-order valence-electron chi connectivity index (χ4n) is 0.875. The number of alkyl halides is 1. The summed E-state index contributed by atoms with van der Waals surface area (Å²) in [5, 5.41) is 3.96. The Bertz CT molecular complexity index is 435. The minimum atomic E-state index is -0.706. The molecular weight excluding hydrogens is 274 g/mol. The van der Waals surface area contributed by atoms with Gasteiger partial charge < -0.3 is 10.6 Å². The van der Waals surface area contributed by atoms with Gasteiger partial charge in [-0.15, -0.1) is 11.6 Å². The van der Waals surface area contributed by atoms with Crippen molar-refractivity contribution < 1.29 is 9.63 Å². The van der Waals surface area contributed by atoms with Gasteiger partial charge in [0, 0.05) is 5.56 Å². The van der Waals surface area contributed by atoms with Crippen LogP contribution < -0.4 is 5.73 Å². The lowest BCUT2D eigenvalue weighted by molar-refractivity contribution is -0.140. The fourth-order valence-corrected chi connectivity index (χ4v) is 1.32. The quantitative estimate of drug-likeness (QED) is 0.304. The predicted molar refractivity (Wildman–Crippen MR) is 64.0 cm³/mol. The third-order valence-corrected chi connectivity index (χ3v) is 2.62. The molecule has 0 aliphatic carbocycles. The number of rotatable bonds is 3. The average molecular weight is 282 g/mol. The van der Waals surface area contributed by atoms with E-state index in [1.54, 1.807) is 18.2 Å². The summed E-state index contributed by atoms with van der Waals surface area (Å²) < 4.78 is 0. The molecule has 2 N–H and O–H groups in total. The highest BCUT2D eigenvalue weighted by atomic mass is 35.5. The van der Waals surface area contributed by atoms with Crippen molar-refractivity contribution >= 4 is 46.6 Å². The number of benzene rings is 1. The van der Waals surface area contributed by atoms with E-state index in [4.69, 9.17) is 40.5 Å². The Morgan fingerprint density at radius 1 is 1.44 bits per heavy atom. The molecule has 0 unspecified atom stereocenters. The fraction of sp³-hybridized carbons (Fsp3) is 0.111. The number of hydrogen-bond donors (Lipinski definition) is 1. The van der Waals surface area contributed by atoms with Gasteiger partial charge in [-0.05, 0) is 12.1 Å². The highest BCUT2D eigenvalue weighted by Crippen LogP contribution is 2.25. The predicted octanol–water partition coefficient (Wildman–Crippen LogP) is 2.40. The molecule has 4 nitrogen and oxygen atoms in total. The number of amidine groups is 1. The molecular formula is C9H7Cl3N2O2. The minimum absolute atomic E-state index is 0.0500. The van der Waals surface area contributed by atoms with Crippen LogP contribution in [0, 0.1) is 0 Å². The molecule has 0 amide bonds. The number of hydrogen-bond acceptors (Lipinski definition) is 3. The van der Waals surface area contributed by atoms with E-state index in [1.165, 1.54) is 0 Å². The molecule has 1 aromatic rings. The molecule has 0 aliphatic heterocycles. The molecule has 0 spiro atoms. The first-order valence-electron chi connectivity index (χ1n) is 4.10. The molecule has 0 fully saturated rings. The van der Waals surface area contributed by atoms with Gasteiger partial charge in [0.1, 0.15) is 5.88 Å². The summed E-state index contributed by atoms with van der Waals surface area (Å²) in [6.07, 6.45) is 0. The summed E-state index contributed by atoms with van der Waals surface area (Å²) in [6, 6.07) is 4.85. The van der Waals surface area contributed by atoms with Gasteiger partial charge in [0.15, 0.2) is 5.84 Å². The summed E-state index contributed by atoms with van der Waals surface area (Å²) in [6.45, 7) is 0. The first-order chi connectivity index (χ1) is 7.56. The Balaban J connectivity index is 2.92. The Labute approximate surface area is 107 Å². The Kier molecular flexibility index (Phi) is 4.86. The van der Waals surface area contributed by atoms with Gasteiger partial charge in [0.25, 0.3) is 0 Å². The zero-order chi connectivity index (χ0) is 12.1. The van der Waals surface area contributed by atoms with Crippen LogP contribution in [0.3, 0.4) is 0 Å². The summed E-state index contributed by atoms with van der Waals surface area (Å²) in [4.78, 5) is 15.1. The van der Waals surface area contributed by atoms with Crippen LogP contribution in [0.2, 0.25) is 10.0 Å². The van der Waals surface area contributed by atoms with Gasteiger partial charge in [-0.25, -0.2) is 4.79 Å². The van der Waals surface area contributed by atoms with E-state index in [0.717, 1.165) is 0 Å². The highest BCUT2D eigenvalue weighted by molar-refractivity contribution is 6.44. The molecule has 0 aliphatic rings. The van der Waals surface area contributed by atoms with Crippen LogP contribution in [0.5, 0.6) is 0 Å². The smallest absolute Gasteiger partial charge is 0.349 e. The van der Waals surface area contributed by atoms with Gasteiger partial charge in [-0.2, -0.15) is 0 Å². The zero-order valence-corrected chi connectivity index (χ0v) is 10.2. The van der Waals surface area contributed by atoms with E-state index in [2.05, 4.69) is 9.99 Å². The third-order valence-electron chi connectivity index (χ3n) is 1.58. The molecule has 7 heteroatoms. The second kappa shape index (κ2) is 5.94. The topological polar surface area (TPSA) is 64.7 Å². The number of carbonyl (C=O) groups excluding carboxylic acids is 1. The standard InChI is InChI=1S/C9H7Cl3N2O2/c10-4-7(15)16-14-9(13)5-2-1-3-6(11)8(5)12/h1-3H,4H2,(H2,13,14). The van der Waals surface area contributed by atoms with E-state index in [9.17, 15) is 4.79 Å². The van der Waals surface area contributed by atoms with Crippen molar-refractivity contribution in [1.82, 2.24) is 0 Å². The van der Waals surface area contributed by atoms with Crippen molar-refractivity contribution in [2.24, 2.45) is 10.9 Å². The molecule has 0 bridgehead atoms. The Morgan fingerprint density at radius 2 is 2.12 bits per heavy atom. The average Bonchev–Trinajstić information content (AvgIpc) is 2.29.